The number of piperidine rings is 1. The van der Waals surface area contributed by atoms with Crippen molar-refractivity contribution in [1.29, 1.82) is 0 Å². The van der Waals surface area contributed by atoms with Crippen LogP contribution in [0.5, 0.6) is 5.75 Å². The summed E-state index contributed by atoms with van der Waals surface area (Å²) in [6, 6.07) is 7.17. The lowest BCUT2D eigenvalue weighted by molar-refractivity contribution is 0.0945. The van der Waals surface area contributed by atoms with Gasteiger partial charge in [-0.3, -0.25) is 9.48 Å². The molecule has 2 heterocycles. The number of amides is 1. The van der Waals surface area contributed by atoms with Gasteiger partial charge >= 0.3 is 0 Å². The number of nitrogens with zero attached hydrogens (tertiary/aromatic N) is 2. The Bertz CT molecular complexity index is 748. The third kappa shape index (κ3) is 6.28. The summed E-state index contributed by atoms with van der Waals surface area (Å²) in [7, 11) is 0. The minimum absolute atomic E-state index is 0. The van der Waals surface area contributed by atoms with Gasteiger partial charge in [-0.1, -0.05) is 23.2 Å². The standard InChI is InChI=1S/C18H22Cl2N4O2.ClH/c19-13-4-5-17(15(20)11-13)26-10-2-8-22-18(25)16-6-9-24(23-16)14-3-1-7-21-12-14;/h4-6,9,11,14,21H,1-3,7-8,10,12H2,(H,22,25);1H. The molecule has 2 aromatic rings. The van der Waals surface area contributed by atoms with Crippen LogP contribution >= 0.6 is 35.6 Å². The van der Waals surface area contributed by atoms with Crippen molar-refractivity contribution in [2.45, 2.75) is 25.3 Å². The van der Waals surface area contributed by atoms with Gasteiger partial charge in [0.2, 0.25) is 0 Å². The van der Waals surface area contributed by atoms with Crippen LogP contribution in [0.2, 0.25) is 10.0 Å². The van der Waals surface area contributed by atoms with Crippen molar-refractivity contribution >= 4 is 41.5 Å². The Kier molecular flexibility index (Phi) is 8.70. The molecular formula is C18H23Cl3N4O2. The van der Waals surface area contributed by atoms with Crippen molar-refractivity contribution in [2.75, 3.05) is 26.2 Å². The molecule has 2 N–H and O–H groups in total. The van der Waals surface area contributed by atoms with E-state index >= 15 is 0 Å². The first-order valence-electron chi connectivity index (χ1n) is 8.75. The minimum atomic E-state index is -0.169. The second kappa shape index (κ2) is 10.8. The average molecular weight is 434 g/mol. The highest BCUT2D eigenvalue weighted by Gasteiger charge is 2.17. The first kappa shape index (κ1) is 21.8. The molecule has 0 aliphatic carbocycles. The number of rotatable bonds is 7. The molecule has 3 rings (SSSR count). The fourth-order valence-corrected chi connectivity index (χ4v) is 3.32. The van der Waals surface area contributed by atoms with E-state index in [-0.39, 0.29) is 18.3 Å². The van der Waals surface area contributed by atoms with Crippen LogP contribution in [0.25, 0.3) is 0 Å². The van der Waals surface area contributed by atoms with E-state index in [9.17, 15) is 4.79 Å². The topological polar surface area (TPSA) is 68.2 Å². The molecular weight excluding hydrogens is 411 g/mol. The zero-order valence-electron chi connectivity index (χ0n) is 14.8. The van der Waals surface area contributed by atoms with E-state index in [0.29, 0.717) is 47.1 Å². The van der Waals surface area contributed by atoms with Gasteiger partial charge in [0.05, 0.1) is 17.7 Å². The lowest BCUT2D eigenvalue weighted by atomic mass is 10.1. The predicted molar refractivity (Wildman–Crippen MR) is 110 cm³/mol. The molecule has 1 saturated heterocycles. The highest BCUT2D eigenvalue weighted by Crippen LogP contribution is 2.27. The lowest BCUT2D eigenvalue weighted by Gasteiger charge is -2.22. The van der Waals surface area contributed by atoms with Crippen molar-refractivity contribution < 1.29 is 9.53 Å². The van der Waals surface area contributed by atoms with Gasteiger partial charge in [0, 0.05) is 24.3 Å². The van der Waals surface area contributed by atoms with E-state index in [1.54, 1.807) is 24.3 Å². The lowest BCUT2D eigenvalue weighted by Crippen LogP contribution is -2.32. The van der Waals surface area contributed by atoms with E-state index in [4.69, 9.17) is 27.9 Å². The van der Waals surface area contributed by atoms with E-state index in [0.717, 1.165) is 25.9 Å². The summed E-state index contributed by atoms with van der Waals surface area (Å²) in [5.41, 5.74) is 0.442. The molecule has 27 heavy (non-hydrogen) atoms. The van der Waals surface area contributed by atoms with Crippen molar-refractivity contribution in [3.8, 4) is 5.75 Å². The molecule has 1 aliphatic heterocycles. The Morgan fingerprint density at radius 1 is 1.37 bits per heavy atom. The first-order valence-corrected chi connectivity index (χ1v) is 9.51. The Labute approximate surface area is 175 Å². The Balaban J connectivity index is 0.00000261. The molecule has 0 radical (unpaired) electrons. The van der Waals surface area contributed by atoms with Gasteiger partial charge < -0.3 is 15.4 Å². The summed E-state index contributed by atoms with van der Waals surface area (Å²) in [5.74, 6) is 0.416. The second-order valence-corrected chi connectivity index (χ2v) is 7.06. The number of nitrogens with one attached hydrogen (secondary N) is 2. The molecule has 0 spiro atoms. The number of carbonyl (C=O) groups is 1. The van der Waals surface area contributed by atoms with Crippen molar-refractivity contribution in [3.63, 3.8) is 0 Å². The Morgan fingerprint density at radius 3 is 2.96 bits per heavy atom. The highest BCUT2D eigenvalue weighted by molar-refractivity contribution is 6.35. The fourth-order valence-electron chi connectivity index (χ4n) is 2.86. The third-order valence-corrected chi connectivity index (χ3v) is 4.77. The van der Waals surface area contributed by atoms with Gasteiger partial charge in [0.25, 0.3) is 5.91 Å². The zero-order valence-corrected chi connectivity index (χ0v) is 17.1. The third-order valence-electron chi connectivity index (χ3n) is 4.24. The monoisotopic (exact) mass is 432 g/mol. The van der Waals surface area contributed by atoms with Crippen LogP contribution in [0.3, 0.4) is 0 Å². The van der Waals surface area contributed by atoms with Gasteiger partial charge in [-0.25, -0.2) is 0 Å². The van der Waals surface area contributed by atoms with Gasteiger partial charge in [0.15, 0.2) is 0 Å². The van der Waals surface area contributed by atoms with Gasteiger partial charge in [0.1, 0.15) is 11.4 Å². The second-order valence-electron chi connectivity index (χ2n) is 6.21. The SMILES string of the molecule is Cl.O=C(NCCCOc1ccc(Cl)cc1Cl)c1ccn(C2CCCNC2)n1. The van der Waals surface area contributed by atoms with Crippen molar-refractivity contribution in [1.82, 2.24) is 20.4 Å². The molecule has 1 unspecified atom stereocenters. The van der Waals surface area contributed by atoms with Crippen LogP contribution in [0.4, 0.5) is 0 Å². The van der Waals surface area contributed by atoms with Crippen molar-refractivity contribution in [2.24, 2.45) is 0 Å². The maximum Gasteiger partial charge on any atom is 0.271 e. The van der Waals surface area contributed by atoms with Gasteiger partial charge in [-0.05, 0) is 50.1 Å². The number of carbonyl (C=O) groups excluding carboxylic acids is 1. The van der Waals surface area contributed by atoms with Crippen LogP contribution in [-0.2, 0) is 0 Å². The number of hydrogen-bond donors (Lipinski definition) is 2. The average Bonchev–Trinajstić information content (AvgIpc) is 3.14. The molecule has 1 fully saturated rings. The van der Waals surface area contributed by atoms with Crippen LogP contribution in [-0.4, -0.2) is 41.9 Å². The number of halogens is 3. The minimum Gasteiger partial charge on any atom is -0.492 e. The first-order chi connectivity index (χ1) is 12.6. The summed E-state index contributed by atoms with van der Waals surface area (Å²) in [4.78, 5) is 12.2. The van der Waals surface area contributed by atoms with Gasteiger partial charge in [-0.2, -0.15) is 5.10 Å². The molecule has 0 saturated carbocycles. The maximum absolute atomic E-state index is 12.2. The number of ether oxygens (including phenoxy) is 1. The predicted octanol–water partition coefficient (Wildman–Crippen LogP) is 3.74. The van der Waals surface area contributed by atoms with Crippen LogP contribution in [0.1, 0.15) is 35.8 Å². The Hall–Kier alpha value is -1.47. The molecule has 1 aliphatic rings. The molecule has 1 amide bonds. The smallest absolute Gasteiger partial charge is 0.271 e. The van der Waals surface area contributed by atoms with E-state index in [1.165, 1.54) is 0 Å². The quantitative estimate of drug-likeness (QED) is 0.653. The largest absolute Gasteiger partial charge is 0.492 e. The van der Waals surface area contributed by atoms with E-state index in [2.05, 4.69) is 15.7 Å². The molecule has 6 nitrogen and oxygen atoms in total. The Morgan fingerprint density at radius 2 is 2.22 bits per heavy atom. The number of benzene rings is 1. The van der Waals surface area contributed by atoms with E-state index in [1.807, 2.05) is 10.9 Å². The number of aromatic nitrogens is 2. The normalized spacial score (nSPS) is 16.4. The van der Waals surface area contributed by atoms with E-state index < -0.39 is 0 Å². The molecule has 148 valence electrons. The maximum atomic E-state index is 12.2. The van der Waals surface area contributed by atoms with Crippen LogP contribution in [0.15, 0.2) is 30.5 Å². The number of hydrogen-bond acceptors (Lipinski definition) is 4. The molecule has 1 aromatic heterocycles. The molecule has 1 aromatic carbocycles. The molecule has 9 heteroatoms. The summed E-state index contributed by atoms with van der Waals surface area (Å²) in [6.07, 6.45) is 4.75. The van der Waals surface area contributed by atoms with Crippen LogP contribution < -0.4 is 15.4 Å². The van der Waals surface area contributed by atoms with Crippen LogP contribution in [0, 0.1) is 0 Å². The molecule has 0 bridgehead atoms. The summed E-state index contributed by atoms with van der Waals surface area (Å²) >= 11 is 11.9. The summed E-state index contributed by atoms with van der Waals surface area (Å²) in [5, 5.41) is 11.7. The summed E-state index contributed by atoms with van der Waals surface area (Å²) < 4.78 is 7.48. The molecule has 1 atom stereocenters. The van der Waals surface area contributed by atoms with Gasteiger partial charge in [-0.15, -0.1) is 12.4 Å². The zero-order chi connectivity index (χ0) is 18.4. The highest BCUT2D eigenvalue weighted by atomic mass is 35.5. The summed E-state index contributed by atoms with van der Waals surface area (Å²) in [6.45, 7) is 2.90. The van der Waals surface area contributed by atoms with Crippen molar-refractivity contribution in [3.05, 3.63) is 46.2 Å². The fraction of sp³-hybridized carbons (Fsp3) is 0.444.